The van der Waals surface area contributed by atoms with Crippen LogP contribution in [0, 0.1) is 0 Å². The number of carbonyl (C=O) groups excluding carboxylic acids is 1. The molecule has 39 heavy (non-hydrogen) atoms. The van der Waals surface area contributed by atoms with Gasteiger partial charge >= 0.3 is 0 Å². The molecule has 0 spiro atoms. The summed E-state index contributed by atoms with van der Waals surface area (Å²) in [6.07, 6.45) is 7.03. The van der Waals surface area contributed by atoms with Crippen molar-refractivity contribution in [1.82, 2.24) is 4.31 Å². The molecule has 1 atom stereocenters. The van der Waals surface area contributed by atoms with Crippen LogP contribution in [0.25, 0.3) is 0 Å². The normalized spacial score (nSPS) is 14.8. The molecule has 0 aliphatic heterocycles. The summed E-state index contributed by atoms with van der Waals surface area (Å²) in [5, 5.41) is 0.111. The van der Waals surface area contributed by atoms with E-state index in [-0.39, 0.29) is 15.0 Å². The van der Waals surface area contributed by atoms with E-state index in [1.54, 1.807) is 22.5 Å². The molecule has 0 heterocycles. The van der Waals surface area contributed by atoms with Crippen LogP contribution in [0.5, 0.6) is 0 Å². The Morgan fingerprint density at radius 2 is 1.44 bits per heavy atom. The van der Waals surface area contributed by atoms with E-state index in [9.17, 15) is 13.2 Å². The van der Waals surface area contributed by atoms with Crippen LogP contribution in [0.3, 0.4) is 0 Å². The number of aldehydes is 1. The fourth-order valence-electron chi connectivity index (χ4n) is 3.47. The molecular formula is C30H55NO5SSi2. The minimum atomic E-state index is -3.79. The van der Waals surface area contributed by atoms with E-state index < -0.39 is 32.7 Å². The van der Waals surface area contributed by atoms with Gasteiger partial charge in [0.05, 0.1) is 24.2 Å². The third kappa shape index (κ3) is 10.7. The zero-order valence-electron chi connectivity index (χ0n) is 26.5. The number of rotatable bonds is 16. The van der Waals surface area contributed by atoms with Crippen LogP contribution in [0.4, 0.5) is 0 Å². The fourth-order valence-corrected chi connectivity index (χ4v) is 7.13. The number of nitrogens with zero attached hydrogens (tertiary/aromatic N) is 1. The van der Waals surface area contributed by atoms with E-state index in [4.69, 9.17) is 8.85 Å². The van der Waals surface area contributed by atoms with Gasteiger partial charge in [0.25, 0.3) is 0 Å². The van der Waals surface area contributed by atoms with Crippen LogP contribution < -0.4 is 0 Å². The average molecular weight is 598 g/mol. The van der Waals surface area contributed by atoms with Gasteiger partial charge in [0.1, 0.15) is 6.29 Å². The summed E-state index contributed by atoms with van der Waals surface area (Å²) in [5.41, 5.74) is 0.961. The highest BCUT2D eigenvalue weighted by atomic mass is 32.2. The van der Waals surface area contributed by atoms with Crippen LogP contribution in [-0.2, 0) is 30.3 Å². The zero-order valence-corrected chi connectivity index (χ0v) is 29.3. The van der Waals surface area contributed by atoms with Gasteiger partial charge in [-0.15, -0.1) is 0 Å². The Morgan fingerprint density at radius 3 is 1.92 bits per heavy atom. The van der Waals surface area contributed by atoms with Gasteiger partial charge in [0.2, 0.25) is 10.0 Å². The number of allylic oxidation sites excluding steroid dienone is 1. The van der Waals surface area contributed by atoms with Crippen molar-refractivity contribution in [2.75, 3.05) is 13.2 Å². The first-order valence-electron chi connectivity index (χ1n) is 14.3. The lowest BCUT2D eigenvalue weighted by Gasteiger charge is -2.39. The maximum atomic E-state index is 14.0. The van der Waals surface area contributed by atoms with Crippen LogP contribution in [0.1, 0.15) is 79.7 Å². The van der Waals surface area contributed by atoms with E-state index in [0.29, 0.717) is 26.2 Å². The fraction of sp³-hybridized carbons (Fsp3) is 0.700. The van der Waals surface area contributed by atoms with Crippen molar-refractivity contribution in [1.29, 1.82) is 0 Å². The quantitative estimate of drug-likeness (QED) is 0.0837. The summed E-state index contributed by atoms with van der Waals surface area (Å²) >= 11 is 0. The zero-order chi connectivity index (χ0) is 30.1. The summed E-state index contributed by atoms with van der Waals surface area (Å²) in [6.45, 7) is 25.2. The third-order valence-corrected chi connectivity index (χ3v) is 19.3. The van der Waals surface area contributed by atoms with Crippen LogP contribution >= 0.6 is 0 Å². The highest BCUT2D eigenvalue weighted by Crippen LogP contribution is 2.38. The first kappa shape index (κ1) is 35.9. The topological polar surface area (TPSA) is 72.9 Å². The monoisotopic (exact) mass is 597 g/mol. The van der Waals surface area contributed by atoms with Crippen molar-refractivity contribution in [3.8, 4) is 0 Å². The summed E-state index contributed by atoms with van der Waals surface area (Å²) in [6, 6.07) is 6.70. The lowest BCUT2D eigenvalue weighted by molar-refractivity contribution is -0.104. The van der Waals surface area contributed by atoms with Gasteiger partial charge in [-0.1, -0.05) is 79.5 Å². The Labute approximate surface area is 241 Å². The molecular weight excluding hydrogens is 543 g/mol. The molecule has 0 saturated carbocycles. The standard InChI is InChI=1S/C30H55NO5SSi2/c1-12-13-15-22-31(27(17-14-16-23-32)25-36-39(10,11)30(5,6)7)37(33,34)28-20-18-26(19-21-28)24-35-38(8,9)29(2,3)4/h14,16,18-21,23,27H,12-13,15,17,22,24-25H2,1-11H3/b16-14+/t27-/m0/s1. The van der Waals surface area contributed by atoms with Gasteiger partial charge in [-0.2, -0.15) is 4.31 Å². The maximum absolute atomic E-state index is 14.0. The predicted octanol–water partition coefficient (Wildman–Crippen LogP) is 7.92. The van der Waals surface area contributed by atoms with Crippen molar-refractivity contribution < 1.29 is 22.1 Å². The minimum absolute atomic E-state index is 0.00438. The highest BCUT2D eigenvalue weighted by Gasteiger charge is 2.40. The second kappa shape index (κ2) is 14.7. The molecule has 0 radical (unpaired) electrons. The summed E-state index contributed by atoms with van der Waals surface area (Å²) < 4.78 is 42.5. The number of benzene rings is 1. The van der Waals surface area contributed by atoms with Crippen LogP contribution in [0.15, 0.2) is 41.3 Å². The third-order valence-electron chi connectivity index (χ3n) is 8.39. The van der Waals surface area contributed by atoms with Gasteiger partial charge in [-0.25, -0.2) is 8.42 Å². The molecule has 0 aliphatic carbocycles. The Balaban J connectivity index is 3.31. The Morgan fingerprint density at radius 1 is 0.897 bits per heavy atom. The van der Waals surface area contributed by atoms with Crippen molar-refractivity contribution in [3.63, 3.8) is 0 Å². The highest BCUT2D eigenvalue weighted by molar-refractivity contribution is 7.89. The molecule has 224 valence electrons. The molecule has 1 aromatic rings. The molecule has 9 heteroatoms. The van der Waals surface area contributed by atoms with Crippen LogP contribution in [-0.4, -0.2) is 54.8 Å². The lowest BCUT2D eigenvalue weighted by Crippen LogP contribution is -2.48. The van der Waals surface area contributed by atoms with E-state index in [1.807, 2.05) is 12.1 Å². The van der Waals surface area contributed by atoms with Gasteiger partial charge in [-0.05, 0) is 72.9 Å². The summed E-state index contributed by atoms with van der Waals surface area (Å²) in [5.74, 6) is 0. The van der Waals surface area contributed by atoms with Crippen molar-refractivity contribution >= 4 is 32.9 Å². The molecule has 6 nitrogen and oxygen atoms in total. The molecule has 0 aromatic heterocycles. The second-order valence-electron chi connectivity index (χ2n) is 13.5. The molecule has 0 unspecified atom stereocenters. The van der Waals surface area contributed by atoms with Gasteiger partial charge in [-0.3, -0.25) is 4.79 Å². The van der Waals surface area contributed by atoms with Crippen molar-refractivity contribution in [2.45, 2.75) is 128 Å². The first-order valence-corrected chi connectivity index (χ1v) is 21.5. The molecule has 0 amide bonds. The molecule has 0 saturated heterocycles. The van der Waals surface area contributed by atoms with Gasteiger partial charge < -0.3 is 8.85 Å². The number of sulfonamides is 1. The van der Waals surface area contributed by atoms with E-state index in [2.05, 4.69) is 74.7 Å². The smallest absolute Gasteiger partial charge is 0.243 e. The lowest BCUT2D eigenvalue weighted by atomic mass is 10.2. The first-order chi connectivity index (χ1) is 17.8. The second-order valence-corrected chi connectivity index (χ2v) is 25.1. The largest absolute Gasteiger partial charge is 0.415 e. The van der Waals surface area contributed by atoms with E-state index in [0.717, 1.165) is 31.1 Å². The predicted molar refractivity (Wildman–Crippen MR) is 169 cm³/mol. The van der Waals surface area contributed by atoms with E-state index >= 15 is 0 Å². The SMILES string of the molecule is CCCCCN([C@@H](C/C=C/C=O)CO[Si](C)(C)C(C)(C)C)S(=O)(=O)c1ccc(CO[Si](C)(C)C(C)(C)C)cc1. The Bertz CT molecular complexity index is 1020. The van der Waals surface area contributed by atoms with Crippen LogP contribution in [0.2, 0.25) is 36.3 Å². The number of carbonyl (C=O) groups is 1. The summed E-state index contributed by atoms with van der Waals surface area (Å²) in [4.78, 5) is 11.3. The molecule has 0 N–H and O–H groups in total. The minimum Gasteiger partial charge on any atom is -0.415 e. The average Bonchev–Trinajstić information content (AvgIpc) is 2.82. The number of unbranched alkanes of at least 4 members (excludes halogenated alkanes) is 2. The van der Waals surface area contributed by atoms with Gasteiger partial charge in [0.15, 0.2) is 16.6 Å². The molecule has 1 aromatic carbocycles. The van der Waals surface area contributed by atoms with Crippen molar-refractivity contribution in [3.05, 3.63) is 42.0 Å². The van der Waals surface area contributed by atoms with Crippen molar-refractivity contribution in [2.24, 2.45) is 0 Å². The molecule has 0 fully saturated rings. The maximum Gasteiger partial charge on any atom is 0.243 e. The molecule has 1 rings (SSSR count). The molecule has 0 bridgehead atoms. The number of hydrogen-bond donors (Lipinski definition) is 0. The Hall–Kier alpha value is -1.11. The number of hydrogen-bond acceptors (Lipinski definition) is 5. The Kier molecular flexibility index (Phi) is 13.5. The van der Waals surface area contributed by atoms with Gasteiger partial charge in [0, 0.05) is 6.54 Å². The molecule has 0 aliphatic rings. The summed E-state index contributed by atoms with van der Waals surface area (Å²) in [7, 11) is -7.81. The van der Waals surface area contributed by atoms with E-state index in [1.165, 1.54) is 6.08 Å².